The molecule has 1 aromatic carbocycles. The summed E-state index contributed by atoms with van der Waals surface area (Å²) in [6.07, 6.45) is 4.04. The van der Waals surface area contributed by atoms with Crippen molar-refractivity contribution >= 4 is 29.8 Å². The lowest BCUT2D eigenvalue weighted by molar-refractivity contribution is -0.301. The zero-order valence-corrected chi connectivity index (χ0v) is 21.0. The number of rotatable bonds is 9. The molecule has 0 N–H and O–H groups in total. The maximum absolute atomic E-state index is 12.5. The van der Waals surface area contributed by atoms with Gasteiger partial charge in [-0.05, 0) is 35.9 Å². The molecule has 2 rings (SSSR count). The number of ether oxygens (including phenoxy) is 3. The number of piperazine rings is 1. The van der Waals surface area contributed by atoms with Crippen LogP contribution in [0.4, 0.5) is 0 Å². The van der Waals surface area contributed by atoms with Gasteiger partial charge in [-0.3, -0.25) is 14.5 Å². The molecule has 2 amide bonds. The standard InChI is InChI=1S/C20H29N3O5.C4H4O4/c1-21(2)19(25)14-22-8-10-23(11-9-22)18(24)7-6-15-12-16(26-3)20(28-5)17(13-15)27-4;5-3(6)1-2-4(7)8/h6-7,12-13H,8-11,14H2,1-5H3;1-2H,(H,5,6)(H,7,8)/p-2. The van der Waals surface area contributed by atoms with Gasteiger partial charge in [-0.2, -0.15) is 0 Å². The largest absolute Gasteiger partial charge is 0.545 e. The number of benzene rings is 1. The molecule has 1 heterocycles. The van der Waals surface area contributed by atoms with Gasteiger partial charge in [0.25, 0.3) is 0 Å². The monoisotopic (exact) mass is 505 g/mol. The molecule has 1 saturated heterocycles. The molecule has 198 valence electrons. The van der Waals surface area contributed by atoms with Gasteiger partial charge in [0, 0.05) is 46.4 Å². The van der Waals surface area contributed by atoms with Gasteiger partial charge in [0.15, 0.2) is 11.5 Å². The Morgan fingerprint density at radius 1 is 0.861 bits per heavy atom. The first-order valence-electron chi connectivity index (χ1n) is 10.8. The normalized spacial score (nSPS) is 13.6. The van der Waals surface area contributed by atoms with Gasteiger partial charge in [-0.15, -0.1) is 0 Å². The van der Waals surface area contributed by atoms with Gasteiger partial charge in [0.1, 0.15) is 0 Å². The van der Waals surface area contributed by atoms with E-state index in [1.54, 1.807) is 69.5 Å². The SMILES string of the molecule is COc1cc(C=CC(=O)N2CCN(CC(=O)N(C)C)CC2)cc(OC)c1OC.O=C([O-])C=CC(=O)[O-]. The van der Waals surface area contributed by atoms with Crippen molar-refractivity contribution in [1.82, 2.24) is 14.7 Å². The average molecular weight is 506 g/mol. The lowest BCUT2D eigenvalue weighted by atomic mass is 10.1. The zero-order chi connectivity index (χ0) is 27.3. The Morgan fingerprint density at radius 3 is 1.75 bits per heavy atom. The highest BCUT2D eigenvalue weighted by Gasteiger charge is 2.21. The summed E-state index contributed by atoms with van der Waals surface area (Å²) in [4.78, 5) is 48.6. The molecule has 0 unspecified atom stereocenters. The average Bonchev–Trinajstić information content (AvgIpc) is 2.85. The minimum atomic E-state index is -1.55. The second kappa shape index (κ2) is 15.0. The van der Waals surface area contributed by atoms with Crippen LogP contribution in [0.15, 0.2) is 30.4 Å². The molecule has 0 spiro atoms. The fourth-order valence-corrected chi connectivity index (χ4v) is 3.07. The fourth-order valence-electron chi connectivity index (χ4n) is 3.07. The van der Waals surface area contributed by atoms with E-state index in [9.17, 15) is 29.4 Å². The number of carboxylic acid groups (broad SMARTS) is 2. The predicted octanol–water partition coefficient (Wildman–Crippen LogP) is -2.00. The Balaban J connectivity index is 0.000000697. The van der Waals surface area contributed by atoms with Crippen molar-refractivity contribution in [2.75, 3.05) is 68.1 Å². The van der Waals surface area contributed by atoms with Gasteiger partial charge < -0.3 is 43.8 Å². The Bertz CT molecular complexity index is 940. The van der Waals surface area contributed by atoms with E-state index in [1.807, 2.05) is 0 Å². The Morgan fingerprint density at radius 2 is 1.36 bits per heavy atom. The number of nitrogens with zero attached hydrogens (tertiary/aromatic N) is 3. The molecule has 0 aromatic heterocycles. The van der Waals surface area contributed by atoms with E-state index in [1.165, 1.54) is 0 Å². The van der Waals surface area contributed by atoms with E-state index in [0.29, 0.717) is 62.1 Å². The summed E-state index contributed by atoms with van der Waals surface area (Å²) < 4.78 is 16.0. The quantitative estimate of drug-likeness (QED) is 0.345. The van der Waals surface area contributed by atoms with E-state index in [0.717, 1.165) is 5.56 Å². The number of hydrogen-bond acceptors (Lipinski definition) is 10. The predicted molar refractivity (Wildman–Crippen MR) is 126 cm³/mol. The summed E-state index contributed by atoms with van der Waals surface area (Å²) in [7, 11) is 8.14. The summed E-state index contributed by atoms with van der Waals surface area (Å²) in [5, 5.41) is 18.8. The number of hydrogen-bond donors (Lipinski definition) is 0. The highest BCUT2D eigenvalue weighted by molar-refractivity contribution is 5.92. The summed E-state index contributed by atoms with van der Waals surface area (Å²) in [5.74, 6) is -1.50. The van der Waals surface area contributed by atoms with Crippen LogP contribution in [0.25, 0.3) is 6.08 Å². The molecule has 1 aliphatic rings. The van der Waals surface area contributed by atoms with Crippen LogP contribution in [0.2, 0.25) is 0 Å². The van der Waals surface area contributed by atoms with E-state index >= 15 is 0 Å². The Hall–Kier alpha value is -4.06. The summed E-state index contributed by atoms with van der Waals surface area (Å²) >= 11 is 0. The molecular formula is C24H31N3O9-2. The molecule has 12 nitrogen and oxygen atoms in total. The smallest absolute Gasteiger partial charge is 0.246 e. The zero-order valence-electron chi connectivity index (χ0n) is 21.0. The minimum Gasteiger partial charge on any atom is -0.545 e. The summed E-state index contributed by atoms with van der Waals surface area (Å²) in [6.45, 7) is 2.95. The first kappa shape index (κ1) is 30.0. The second-order valence-electron chi connectivity index (χ2n) is 7.65. The molecule has 0 bridgehead atoms. The number of likely N-dealkylation sites (N-methyl/N-ethyl adjacent to an activating group) is 1. The molecule has 1 aromatic rings. The van der Waals surface area contributed by atoms with E-state index in [4.69, 9.17) is 14.2 Å². The molecule has 0 saturated carbocycles. The molecule has 36 heavy (non-hydrogen) atoms. The van der Waals surface area contributed by atoms with Crippen molar-refractivity contribution in [2.24, 2.45) is 0 Å². The van der Waals surface area contributed by atoms with Crippen LogP contribution in [0.1, 0.15) is 5.56 Å². The van der Waals surface area contributed by atoms with Crippen LogP contribution in [-0.4, -0.2) is 107 Å². The fraction of sp³-hybridized carbons (Fsp3) is 0.417. The third-order valence-corrected chi connectivity index (χ3v) is 5.00. The van der Waals surface area contributed by atoms with Crippen LogP contribution in [0, 0.1) is 0 Å². The van der Waals surface area contributed by atoms with Gasteiger partial charge in [-0.1, -0.05) is 0 Å². The van der Waals surface area contributed by atoms with Crippen LogP contribution in [0.3, 0.4) is 0 Å². The number of carbonyl (C=O) groups excluding carboxylic acids is 4. The maximum Gasteiger partial charge on any atom is 0.246 e. The van der Waals surface area contributed by atoms with Crippen molar-refractivity contribution < 1.29 is 43.6 Å². The van der Waals surface area contributed by atoms with E-state index in [2.05, 4.69) is 4.90 Å². The van der Waals surface area contributed by atoms with Crippen molar-refractivity contribution in [3.8, 4) is 17.2 Å². The van der Waals surface area contributed by atoms with Crippen LogP contribution >= 0.6 is 0 Å². The number of carboxylic acids is 2. The Kier molecular flexibility index (Phi) is 12.5. The summed E-state index contributed by atoms with van der Waals surface area (Å²) in [6, 6.07) is 3.58. The molecule has 0 aliphatic carbocycles. The van der Waals surface area contributed by atoms with Crippen molar-refractivity contribution in [3.05, 3.63) is 35.9 Å². The third-order valence-electron chi connectivity index (χ3n) is 5.00. The lowest BCUT2D eigenvalue weighted by Crippen LogP contribution is -2.50. The van der Waals surface area contributed by atoms with Gasteiger partial charge >= 0.3 is 0 Å². The van der Waals surface area contributed by atoms with E-state index < -0.39 is 11.9 Å². The summed E-state index contributed by atoms with van der Waals surface area (Å²) in [5.41, 5.74) is 0.776. The first-order valence-corrected chi connectivity index (χ1v) is 10.8. The van der Waals surface area contributed by atoms with Crippen LogP contribution < -0.4 is 24.4 Å². The molecule has 1 fully saturated rings. The molecule has 12 heteroatoms. The molecular weight excluding hydrogens is 474 g/mol. The van der Waals surface area contributed by atoms with Crippen LogP contribution in [-0.2, 0) is 19.2 Å². The van der Waals surface area contributed by atoms with Crippen LogP contribution in [0.5, 0.6) is 17.2 Å². The Labute approximate surface area is 209 Å². The van der Waals surface area contributed by atoms with Gasteiger partial charge in [0.05, 0.1) is 39.8 Å². The highest BCUT2D eigenvalue weighted by Crippen LogP contribution is 2.38. The topological polar surface area (TPSA) is 152 Å². The first-order chi connectivity index (χ1) is 17.0. The van der Waals surface area contributed by atoms with E-state index in [-0.39, 0.29) is 11.8 Å². The molecule has 0 atom stereocenters. The number of aliphatic carboxylic acids is 2. The van der Waals surface area contributed by atoms with Crippen molar-refractivity contribution in [1.29, 1.82) is 0 Å². The molecule has 0 radical (unpaired) electrons. The third kappa shape index (κ3) is 10.1. The van der Waals surface area contributed by atoms with Crippen molar-refractivity contribution in [3.63, 3.8) is 0 Å². The highest BCUT2D eigenvalue weighted by atomic mass is 16.5. The number of amides is 2. The lowest BCUT2D eigenvalue weighted by Gasteiger charge is -2.34. The number of carbonyl (C=O) groups is 4. The number of methoxy groups -OCH3 is 3. The van der Waals surface area contributed by atoms with Crippen molar-refractivity contribution in [2.45, 2.75) is 0 Å². The maximum atomic E-state index is 12.5. The minimum absolute atomic E-state index is 0.0627. The van der Waals surface area contributed by atoms with Gasteiger partial charge in [0.2, 0.25) is 17.6 Å². The molecule has 1 aliphatic heterocycles. The second-order valence-corrected chi connectivity index (χ2v) is 7.65. The van der Waals surface area contributed by atoms with Gasteiger partial charge in [-0.25, -0.2) is 0 Å².